The molecule has 1 heterocycles. The molecule has 0 unspecified atom stereocenters. The first-order chi connectivity index (χ1) is 6.88. The molecule has 1 spiro atoms. The molecule has 1 saturated heterocycles. The molecule has 2 saturated carbocycles. The minimum Gasteiger partial charge on any atom is -0.299 e. The number of likely N-dealkylation sites (tertiary alicyclic amines) is 1. The molecule has 0 bridgehead atoms. The molecule has 80 valence electrons. The maximum absolute atomic E-state index is 2.80. The molecule has 3 aliphatic rings. The third-order valence-electron chi connectivity index (χ3n) is 4.83. The average Bonchev–Trinajstić information content (AvgIpc) is 2.65. The van der Waals surface area contributed by atoms with Crippen molar-refractivity contribution in [3.05, 3.63) is 0 Å². The van der Waals surface area contributed by atoms with Gasteiger partial charge in [0.2, 0.25) is 0 Å². The van der Waals surface area contributed by atoms with Gasteiger partial charge in [-0.15, -0.1) is 0 Å². The largest absolute Gasteiger partial charge is 0.299 e. The summed E-state index contributed by atoms with van der Waals surface area (Å²) >= 11 is 0. The van der Waals surface area contributed by atoms with E-state index < -0.39 is 0 Å². The zero-order valence-corrected chi connectivity index (χ0v) is 9.30. The van der Waals surface area contributed by atoms with Crippen LogP contribution in [0.5, 0.6) is 0 Å². The number of hydrogen-bond donors (Lipinski definition) is 0. The Morgan fingerprint density at radius 1 is 0.786 bits per heavy atom. The van der Waals surface area contributed by atoms with Crippen LogP contribution in [0.3, 0.4) is 0 Å². The fourth-order valence-corrected chi connectivity index (χ4v) is 3.96. The van der Waals surface area contributed by atoms with E-state index in [4.69, 9.17) is 0 Å². The van der Waals surface area contributed by atoms with E-state index in [0.717, 1.165) is 11.5 Å². The second kappa shape index (κ2) is 3.52. The summed E-state index contributed by atoms with van der Waals surface area (Å²) in [6, 6.07) is 0.981. The van der Waals surface area contributed by atoms with E-state index in [1.807, 2.05) is 0 Å². The van der Waals surface area contributed by atoms with Gasteiger partial charge in [-0.3, -0.25) is 4.90 Å². The molecule has 1 nitrogen and oxygen atoms in total. The molecule has 0 aromatic rings. The Bertz CT molecular complexity index is 191. The summed E-state index contributed by atoms with van der Waals surface area (Å²) in [6.07, 6.45) is 13.6. The first-order valence-corrected chi connectivity index (χ1v) is 6.62. The van der Waals surface area contributed by atoms with Gasteiger partial charge in [-0.1, -0.05) is 32.1 Å². The summed E-state index contributed by atoms with van der Waals surface area (Å²) in [5, 5.41) is 0. The first kappa shape index (κ1) is 9.21. The van der Waals surface area contributed by atoms with Crippen LogP contribution in [0.2, 0.25) is 0 Å². The Kier molecular flexibility index (Phi) is 2.31. The highest BCUT2D eigenvalue weighted by molar-refractivity contribution is 5.00. The normalized spacial score (nSPS) is 33.4. The lowest BCUT2D eigenvalue weighted by Crippen LogP contribution is -2.58. The Balaban J connectivity index is 1.52. The van der Waals surface area contributed by atoms with Crippen molar-refractivity contribution in [2.24, 2.45) is 5.41 Å². The minimum atomic E-state index is 0.817. The van der Waals surface area contributed by atoms with Gasteiger partial charge in [0.1, 0.15) is 0 Å². The fourth-order valence-electron chi connectivity index (χ4n) is 3.96. The molecule has 0 aromatic carbocycles. The Morgan fingerprint density at radius 2 is 1.43 bits per heavy atom. The molecular weight excluding hydrogens is 170 g/mol. The van der Waals surface area contributed by atoms with E-state index in [0.29, 0.717) is 0 Å². The molecule has 0 radical (unpaired) electrons. The topological polar surface area (TPSA) is 3.24 Å². The third-order valence-corrected chi connectivity index (χ3v) is 4.83. The van der Waals surface area contributed by atoms with Crippen LogP contribution in [-0.4, -0.2) is 24.0 Å². The van der Waals surface area contributed by atoms with E-state index in [-0.39, 0.29) is 0 Å². The van der Waals surface area contributed by atoms with Gasteiger partial charge >= 0.3 is 0 Å². The molecule has 3 fully saturated rings. The maximum atomic E-state index is 2.80. The van der Waals surface area contributed by atoms with E-state index in [1.54, 1.807) is 0 Å². The third kappa shape index (κ3) is 1.50. The SMILES string of the molecule is C1CCC(N2CC3(CCCC3)C2)CC1. The van der Waals surface area contributed by atoms with Crippen LogP contribution in [0.1, 0.15) is 57.8 Å². The van der Waals surface area contributed by atoms with Gasteiger partial charge in [0, 0.05) is 19.1 Å². The standard InChI is InChI=1S/C13H23N/c1-2-6-12(7-3-1)14-10-13(11-14)8-4-5-9-13/h12H,1-11H2. The van der Waals surface area contributed by atoms with Crippen LogP contribution >= 0.6 is 0 Å². The minimum absolute atomic E-state index is 0.817. The molecule has 1 heteroatoms. The number of rotatable bonds is 1. The first-order valence-electron chi connectivity index (χ1n) is 6.62. The van der Waals surface area contributed by atoms with Crippen LogP contribution in [0.15, 0.2) is 0 Å². The van der Waals surface area contributed by atoms with E-state index in [2.05, 4.69) is 4.90 Å². The van der Waals surface area contributed by atoms with Crippen LogP contribution in [0.4, 0.5) is 0 Å². The van der Waals surface area contributed by atoms with E-state index >= 15 is 0 Å². The number of nitrogens with zero attached hydrogens (tertiary/aromatic N) is 1. The highest BCUT2D eigenvalue weighted by Crippen LogP contribution is 2.47. The van der Waals surface area contributed by atoms with E-state index in [1.165, 1.54) is 70.9 Å². The van der Waals surface area contributed by atoms with Gasteiger partial charge in [-0.2, -0.15) is 0 Å². The van der Waals surface area contributed by atoms with Crippen LogP contribution in [0, 0.1) is 5.41 Å². The van der Waals surface area contributed by atoms with Gasteiger partial charge in [0.15, 0.2) is 0 Å². The summed E-state index contributed by atoms with van der Waals surface area (Å²) in [6.45, 7) is 2.91. The quantitative estimate of drug-likeness (QED) is 0.618. The van der Waals surface area contributed by atoms with Crippen molar-refractivity contribution in [3.63, 3.8) is 0 Å². The molecule has 0 atom stereocenters. The van der Waals surface area contributed by atoms with Crippen molar-refractivity contribution in [2.45, 2.75) is 63.8 Å². The molecule has 0 aromatic heterocycles. The summed E-state index contributed by atoms with van der Waals surface area (Å²) in [7, 11) is 0. The fraction of sp³-hybridized carbons (Fsp3) is 1.00. The molecule has 3 rings (SSSR count). The van der Waals surface area contributed by atoms with Crippen LogP contribution in [-0.2, 0) is 0 Å². The second-order valence-electron chi connectivity index (χ2n) is 5.90. The highest BCUT2D eigenvalue weighted by Gasteiger charge is 2.46. The van der Waals surface area contributed by atoms with Crippen molar-refractivity contribution in [1.29, 1.82) is 0 Å². The predicted molar refractivity (Wildman–Crippen MR) is 59.3 cm³/mol. The molecular formula is C13H23N. The molecule has 1 aliphatic heterocycles. The van der Waals surface area contributed by atoms with Crippen molar-refractivity contribution >= 4 is 0 Å². The smallest absolute Gasteiger partial charge is 0.00957 e. The van der Waals surface area contributed by atoms with Crippen LogP contribution in [0.25, 0.3) is 0 Å². The van der Waals surface area contributed by atoms with Crippen LogP contribution < -0.4 is 0 Å². The average molecular weight is 193 g/mol. The number of hydrogen-bond acceptors (Lipinski definition) is 1. The zero-order chi connectivity index (χ0) is 9.43. The lowest BCUT2D eigenvalue weighted by atomic mass is 9.76. The molecule has 0 amide bonds. The van der Waals surface area contributed by atoms with Crippen molar-refractivity contribution in [1.82, 2.24) is 4.90 Å². The van der Waals surface area contributed by atoms with Gasteiger partial charge < -0.3 is 0 Å². The summed E-state index contributed by atoms with van der Waals surface area (Å²) in [4.78, 5) is 2.80. The van der Waals surface area contributed by atoms with Gasteiger partial charge in [0.25, 0.3) is 0 Å². The second-order valence-corrected chi connectivity index (χ2v) is 5.90. The Hall–Kier alpha value is -0.0400. The van der Waals surface area contributed by atoms with Crippen molar-refractivity contribution in [3.8, 4) is 0 Å². The van der Waals surface area contributed by atoms with Gasteiger partial charge in [-0.25, -0.2) is 0 Å². The predicted octanol–water partition coefficient (Wildman–Crippen LogP) is 3.20. The Labute approximate surface area is 87.9 Å². The monoisotopic (exact) mass is 193 g/mol. The molecule has 0 N–H and O–H groups in total. The lowest BCUT2D eigenvalue weighted by molar-refractivity contribution is -0.0368. The summed E-state index contributed by atoms with van der Waals surface area (Å²) < 4.78 is 0. The van der Waals surface area contributed by atoms with Gasteiger partial charge in [0.05, 0.1) is 0 Å². The van der Waals surface area contributed by atoms with Crippen molar-refractivity contribution < 1.29 is 0 Å². The Morgan fingerprint density at radius 3 is 2.07 bits per heavy atom. The highest BCUT2D eigenvalue weighted by atomic mass is 15.2. The summed E-state index contributed by atoms with van der Waals surface area (Å²) in [5.74, 6) is 0. The zero-order valence-electron chi connectivity index (χ0n) is 9.30. The summed E-state index contributed by atoms with van der Waals surface area (Å²) in [5.41, 5.74) is 0.817. The van der Waals surface area contributed by atoms with E-state index in [9.17, 15) is 0 Å². The molecule has 2 aliphatic carbocycles. The lowest BCUT2D eigenvalue weighted by Gasteiger charge is -2.53. The molecule has 14 heavy (non-hydrogen) atoms. The van der Waals surface area contributed by atoms with Gasteiger partial charge in [-0.05, 0) is 31.1 Å². The maximum Gasteiger partial charge on any atom is 0.00957 e. The van der Waals surface area contributed by atoms with Crippen molar-refractivity contribution in [2.75, 3.05) is 13.1 Å².